The minimum atomic E-state index is 0.0116. The molecule has 0 atom stereocenters. The van der Waals surface area contributed by atoms with Crippen LogP contribution in [0.5, 0.6) is 0 Å². The largest absolute Gasteiger partial charge is 0.343 e. The molecule has 1 aliphatic heterocycles. The maximum absolute atomic E-state index is 12.0. The van der Waals surface area contributed by atoms with Crippen molar-refractivity contribution < 1.29 is 9.59 Å². The van der Waals surface area contributed by atoms with Crippen LogP contribution < -0.4 is 0 Å². The van der Waals surface area contributed by atoms with Gasteiger partial charge >= 0.3 is 0 Å². The average Bonchev–Trinajstić information content (AvgIpc) is 2.61. The van der Waals surface area contributed by atoms with E-state index >= 15 is 0 Å². The van der Waals surface area contributed by atoms with Crippen LogP contribution in [0.3, 0.4) is 0 Å². The van der Waals surface area contributed by atoms with Gasteiger partial charge in [0.05, 0.1) is 0 Å². The first-order valence-corrected chi connectivity index (χ1v) is 8.69. The smallest absolute Gasteiger partial charge is 0.223 e. The zero-order valence-electron chi connectivity index (χ0n) is 14.6. The van der Waals surface area contributed by atoms with Gasteiger partial charge < -0.3 is 4.90 Å². The van der Waals surface area contributed by atoms with Crippen LogP contribution >= 0.6 is 0 Å². The van der Waals surface area contributed by atoms with Crippen molar-refractivity contribution >= 4 is 17.8 Å². The highest BCUT2D eigenvalue weighted by molar-refractivity contribution is 5.95. The summed E-state index contributed by atoms with van der Waals surface area (Å²) in [6.07, 6.45) is 6.15. The van der Waals surface area contributed by atoms with Gasteiger partial charge in [-0.3, -0.25) is 9.59 Å². The Morgan fingerprint density at radius 1 is 1.09 bits per heavy atom. The molecule has 3 heteroatoms. The number of piperidine rings is 1. The Hall–Kier alpha value is -1.90. The predicted octanol–water partition coefficient (Wildman–Crippen LogP) is 4.33. The number of hydrogen-bond donors (Lipinski definition) is 0. The van der Waals surface area contributed by atoms with Crippen LogP contribution in [0.15, 0.2) is 36.4 Å². The highest BCUT2D eigenvalue weighted by Crippen LogP contribution is 2.17. The number of carbonyl (C=O) groups is 2. The van der Waals surface area contributed by atoms with Gasteiger partial charge in [-0.25, -0.2) is 0 Å². The minimum Gasteiger partial charge on any atom is -0.343 e. The van der Waals surface area contributed by atoms with Crippen LogP contribution in [0.25, 0.3) is 6.08 Å². The van der Waals surface area contributed by atoms with Crippen molar-refractivity contribution in [2.75, 3.05) is 13.1 Å². The van der Waals surface area contributed by atoms with Crippen LogP contribution in [0, 0.1) is 5.92 Å². The number of hydrogen-bond acceptors (Lipinski definition) is 2. The van der Waals surface area contributed by atoms with Crippen LogP contribution in [-0.4, -0.2) is 29.7 Å². The van der Waals surface area contributed by atoms with Gasteiger partial charge in [-0.15, -0.1) is 0 Å². The van der Waals surface area contributed by atoms with Crippen LogP contribution in [0.4, 0.5) is 0 Å². The number of nitrogens with zero attached hydrogens (tertiary/aromatic N) is 1. The Morgan fingerprint density at radius 2 is 1.70 bits per heavy atom. The van der Waals surface area contributed by atoms with Crippen molar-refractivity contribution in [2.45, 2.75) is 46.5 Å². The van der Waals surface area contributed by atoms with E-state index in [1.807, 2.05) is 49.1 Å². The fraction of sp³-hybridized carbons (Fsp3) is 0.500. The Labute approximate surface area is 140 Å². The maximum Gasteiger partial charge on any atom is 0.223 e. The van der Waals surface area contributed by atoms with Crippen molar-refractivity contribution in [3.8, 4) is 0 Å². The molecule has 1 amide bonds. The molecule has 1 heterocycles. The van der Waals surface area contributed by atoms with Gasteiger partial charge in [0.15, 0.2) is 5.78 Å². The molecule has 1 aromatic carbocycles. The van der Waals surface area contributed by atoms with Crippen molar-refractivity contribution in [3.63, 3.8) is 0 Å². The third-order valence-electron chi connectivity index (χ3n) is 3.98. The normalized spacial score (nSPS) is 15.2. The first kappa shape index (κ1) is 19.1. The second-order valence-corrected chi connectivity index (χ2v) is 5.77. The Balaban J connectivity index is 0.00000127. The van der Waals surface area contributed by atoms with E-state index in [9.17, 15) is 9.59 Å². The van der Waals surface area contributed by atoms with Gasteiger partial charge in [0.2, 0.25) is 5.91 Å². The number of ketones is 1. The summed E-state index contributed by atoms with van der Waals surface area (Å²) in [5, 5.41) is 0. The number of amides is 1. The van der Waals surface area contributed by atoms with E-state index in [4.69, 9.17) is 0 Å². The molecular weight excluding hydrogens is 286 g/mol. The number of allylic oxidation sites excluding steroid dienone is 1. The lowest BCUT2D eigenvalue weighted by atomic mass is 9.99. The fourth-order valence-corrected chi connectivity index (χ4v) is 2.48. The second-order valence-electron chi connectivity index (χ2n) is 5.77. The maximum atomic E-state index is 12.0. The van der Waals surface area contributed by atoms with E-state index in [1.165, 1.54) is 0 Å². The summed E-state index contributed by atoms with van der Waals surface area (Å²) in [6, 6.07) is 9.71. The van der Waals surface area contributed by atoms with Crippen LogP contribution in [-0.2, 0) is 9.59 Å². The number of carbonyl (C=O) groups excluding carboxylic acids is 2. The van der Waals surface area contributed by atoms with Gasteiger partial charge in [0.25, 0.3) is 0 Å². The summed E-state index contributed by atoms with van der Waals surface area (Å²) >= 11 is 0. The average molecular weight is 315 g/mol. The van der Waals surface area contributed by atoms with E-state index < -0.39 is 0 Å². The Morgan fingerprint density at radius 3 is 2.30 bits per heavy atom. The SMILES string of the molecule is CC.CC1CCN(C(=O)CCC(=O)/C=C/c2ccccc2)CC1. The van der Waals surface area contributed by atoms with Crippen LogP contribution in [0.2, 0.25) is 0 Å². The van der Waals surface area contributed by atoms with Crippen molar-refractivity contribution in [2.24, 2.45) is 5.92 Å². The Bertz CT molecular complexity index is 500. The summed E-state index contributed by atoms with van der Waals surface area (Å²) in [5.41, 5.74) is 1.00. The fourth-order valence-electron chi connectivity index (χ4n) is 2.48. The van der Waals surface area contributed by atoms with Gasteiger partial charge in [-0.1, -0.05) is 57.2 Å². The summed E-state index contributed by atoms with van der Waals surface area (Å²) in [4.78, 5) is 25.7. The van der Waals surface area contributed by atoms with Crippen LogP contribution in [0.1, 0.15) is 52.0 Å². The van der Waals surface area contributed by atoms with Crippen molar-refractivity contribution in [1.29, 1.82) is 0 Å². The van der Waals surface area contributed by atoms with Crippen molar-refractivity contribution in [3.05, 3.63) is 42.0 Å². The number of benzene rings is 1. The topological polar surface area (TPSA) is 37.4 Å². The summed E-state index contributed by atoms with van der Waals surface area (Å²) < 4.78 is 0. The molecule has 0 spiro atoms. The molecule has 1 aromatic rings. The monoisotopic (exact) mass is 315 g/mol. The van der Waals surface area contributed by atoms with E-state index in [2.05, 4.69) is 6.92 Å². The first-order chi connectivity index (χ1) is 11.1. The third-order valence-corrected chi connectivity index (χ3v) is 3.98. The highest BCUT2D eigenvalue weighted by atomic mass is 16.2. The molecule has 0 saturated carbocycles. The molecule has 2 rings (SSSR count). The summed E-state index contributed by atoms with van der Waals surface area (Å²) in [7, 11) is 0. The molecule has 0 N–H and O–H groups in total. The van der Waals surface area contributed by atoms with Crippen molar-refractivity contribution in [1.82, 2.24) is 4.90 Å². The highest BCUT2D eigenvalue weighted by Gasteiger charge is 2.20. The lowest BCUT2D eigenvalue weighted by molar-refractivity contribution is -0.133. The lowest BCUT2D eigenvalue weighted by Gasteiger charge is -2.30. The first-order valence-electron chi connectivity index (χ1n) is 8.69. The third kappa shape index (κ3) is 7.27. The molecule has 1 saturated heterocycles. The molecule has 126 valence electrons. The molecule has 1 aliphatic rings. The number of likely N-dealkylation sites (tertiary alicyclic amines) is 1. The number of rotatable bonds is 5. The standard InChI is InChI=1S/C18H23NO2.C2H6/c1-15-11-13-19(14-12-15)18(21)10-9-17(20)8-7-16-5-3-2-4-6-16;1-2/h2-8,15H,9-14H2,1H3;1-2H3/b8-7+;. The molecule has 0 bridgehead atoms. The van der Waals surface area contributed by atoms with E-state index in [-0.39, 0.29) is 11.7 Å². The molecule has 0 aromatic heterocycles. The van der Waals surface area contributed by atoms with E-state index in [0.717, 1.165) is 31.5 Å². The van der Waals surface area contributed by atoms with Gasteiger partial charge in [-0.05, 0) is 30.4 Å². The van der Waals surface area contributed by atoms with Gasteiger partial charge in [0.1, 0.15) is 0 Å². The summed E-state index contributed by atoms with van der Waals surface area (Å²) in [5.74, 6) is 0.838. The minimum absolute atomic E-state index is 0.0116. The molecule has 0 aliphatic carbocycles. The zero-order valence-corrected chi connectivity index (χ0v) is 14.6. The predicted molar refractivity (Wildman–Crippen MR) is 96.0 cm³/mol. The lowest BCUT2D eigenvalue weighted by Crippen LogP contribution is -2.37. The molecule has 1 fully saturated rings. The Kier molecular flexibility index (Phi) is 8.96. The van der Waals surface area contributed by atoms with E-state index in [0.29, 0.717) is 18.8 Å². The van der Waals surface area contributed by atoms with E-state index in [1.54, 1.807) is 12.2 Å². The molecule has 23 heavy (non-hydrogen) atoms. The zero-order chi connectivity index (χ0) is 17.1. The van der Waals surface area contributed by atoms with Gasteiger partial charge in [0, 0.05) is 25.9 Å². The molecule has 0 radical (unpaired) electrons. The second kappa shape index (κ2) is 10.8. The molecule has 3 nitrogen and oxygen atoms in total. The van der Waals surface area contributed by atoms with Gasteiger partial charge in [-0.2, -0.15) is 0 Å². The molecular formula is C20H29NO2. The quantitative estimate of drug-likeness (QED) is 0.758. The summed E-state index contributed by atoms with van der Waals surface area (Å²) in [6.45, 7) is 7.90. The molecule has 0 unspecified atom stereocenters.